The molecule has 0 radical (unpaired) electrons. The Bertz CT molecular complexity index is 1190. The number of nitrogens with zero attached hydrogens (tertiary/aromatic N) is 2. The number of aryl methyl sites for hydroxylation is 1. The fourth-order valence-corrected chi connectivity index (χ4v) is 5.01. The Morgan fingerprint density at radius 1 is 1.03 bits per heavy atom. The van der Waals surface area contributed by atoms with Gasteiger partial charge in [0.25, 0.3) is 5.91 Å². The molecule has 0 spiro atoms. The van der Waals surface area contributed by atoms with E-state index in [1.807, 2.05) is 0 Å². The van der Waals surface area contributed by atoms with Crippen LogP contribution in [0.5, 0.6) is 17.2 Å². The highest BCUT2D eigenvalue weighted by Crippen LogP contribution is 2.38. The zero-order chi connectivity index (χ0) is 23.3. The predicted octanol–water partition coefficient (Wildman–Crippen LogP) is 3.49. The molecule has 0 aliphatic rings. The summed E-state index contributed by atoms with van der Waals surface area (Å²) < 4.78 is 40.7. The lowest BCUT2D eigenvalue weighted by Gasteiger charge is -2.13. The minimum atomic E-state index is -3.50. The maximum atomic E-state index is 12.7. The predicted molar refractivity (Wildman–Crippen MR) is 121 cm³/mol. The van der Waals surface area contributed by atoms with Gasteiger partial charge in [-0.3, -0.25) is 10.1 Å². The summed E-state index contributed by atoms with van der Waals surface area (Å²) in [6.07, 6.45) is 0.155. The van der Waals surface area contributed by atoms with Gasteiger partial charge in [0, 0.05) is 17.0 Å². The summed E-state index contributed by atoms with van der Waals surface area (Å²) in [5, 5.41) is 11.7. The Morgan fingerprint density at radius 2 is 1.66 bits per heavy atom. The quantitative estimate of drug-likeness (QED) is 0.477. The van der Waals surface area contributed by atoms with Crippen LogP contribution in [0.3, 0.4) is 0 Å². The second-order valence-corrected chi connectivity index (χ2v) is 10.00. The van der Waals surface area contributed by atoms with Crippen molar-refractivity contribution in [3.8, 4) is 17.2 Å². The van der Waals surface area contributed by atoms with Crippen molar-refractivity contribution in [3.63, 3.8) is 0 Å². The molecule has 1 heterocycles. The van der Waals surface area contributed by atoms with Crippen LogP contribution in [0, 0.1) is 0 Å². The van der Waals surface area contributed by atoms with E-state index in [2.05, 4.69) is 15.5 Å². The van der Waals surface area contributed by atoms with E-state index >= 15 is 0 Å². The third kappa shape index (κ3) is 5.47. The molecular weight excluding hydrogens is 478 g/mol. The molecule has 0 saturated heterocycles. The summed E-state index contributed by atoms with van der Waals surface area (Å²) in [6, 6.07) is 8.99. The topological polar surface area (TPSA) is 117 Å². The van der Waals surface area contributed by atoms with Crippen LogP contribution in [0.2, 0.25) is 5.02 Å². The van der Waals surface area contributed by atoms with Gasteiger partial charge >= 0.3 is 0 Å². The molecule has 0 atom stereocenters. The number of carbonyl (C=O) groups excluding carboxylic acids is 1. The van der Waals surface area contributed by atoms with E-state index in [9.17, 15) is 13.2 Å². The molecule has 2 aromatic carbocycles. The molecule has 9 nitrogen and oxygen atoms in total. The number of aromatic nitrogens is 2. The van der Waals surface area contributed by atoms with E-state index in [1.165, 1.54) is 57.7 Å². The molecule has 1 N–H and O–H groups in total. The SMILES string of the molecule is COc1cc(C(=O)Nc2nnc(CCS(=O)(=O)c3ccc(Cl)cc3)s2)cc(OC)c1OC. The maximum Gasteiger partial charge on any atom is 0.257 e. The van der Waals surface area contributed by atoms with Crippen molar-refractivity contribution >= 4 is 43.8 Å². The number of methoxy groups -OCH3 is 3. The second kappa shape index (κ2) is 10.2. The maximum absolute atomic E-state index is 12.7. The van der Waals surface area contributed by atoms with Gasteiger partial charge < -0.3 is 14.2 Å². The number of hydrogen-bond donors (Lipinski definition) is 1. The average molecular weight is 498 g/mol. The largest absolute Gasteiger partial charge is 0.493 e. The summed E-state index contributed by atoms with van der Waals surface area (Å²) in [6.45, 7) is 0. The van der Waals surface area contributed by atoms with Crippen LogP contribution in [-0.2, 0) is 16.3 Å². The first-order valence-corrected chi connectivity index (χ1v) is 12.0. The van der Waals surface area contributed by atoms with Crippen molar-refractivity contribution in [3.05, 3.63) is 52.0 Å². The number of carbonyl (C=O) groups is 1. The third-order valence-electron chi connectivity index (χ3n) is 4.37. The average Bonchev–Trinajstić information content (AvgIpc) is 3.24. The number of anilines is 1. The van der Waals surface area contributed by atoms with Gasteiger partial charge in [0.15, 0.2) is 21.3 Å². The molecular formula is C20H20ClN3O6S2. The molecule has 12 heteroatoms. The summed E-state index contributed by atoms with van der Waals surface area (Å²) in [7, 11) is 0.872. The zero-order valence-corrected chi connectivity index (χ0v) is 19.8. The van der Waals surface area contributed by atoms with Gasteiger partial charge in [-0.1, -0.05) is 22.9 Å². The van der Waals surface area contributed by atoms with Gasteiger partial charge in [0.1, 0.15) is 5.01 Å². The first kappa shape index (κ1) is 23.8. The van der Waals surface area contributed by atoms with Crippen LogP contribution >= 0.6 is 22.9 Å². The number of amides is 1. The molecule has 3 rings (SSSR count). The van der Waals surface area contributed by atoms with Gasteiger partial charge in [-0.2, -0.15) is 0 Å². The number of rotatable bonds is 9. The van der Waals surface area contributed by atoms with Gasteiger partial charge in [-0.15, -0.1) is 10.2 Å². The summed E-state index contributed by atoms with van der Waals surface area (Å²) in [4.78, 5) is 12.8. The summed E-state index contributed by atoms with van der Waals surface area (Å²) in [5.41, 5.74) is 0.265. The first-order valence-electron chi connectivity index (χ1n) is 9.19. The van der Waals surface area contributed by atoms with Crippen LogP contribution in [-0.4, -0.2) is 51.6 Å². The van der Waals surface area contributed by atoms with Crippen molar-refractivity contribution in [2.24, 2.45) is 0 Å². The van der Waals surface area contributed by atoms with E-state index in [4.69, 9.17) is 25.8 Å². The monoisotopic (exact) mass is 497 g/mol. The molecule has 32 heavy (non-hydrogen) atoms. The minimum Gasteiger partial charge on any atom is -0.493 e. The van der Waals surface area contributed by atoms with Gasteiger partial charge in [-0.05, 0) is 36.4 Å². The van der Waals surface area contributed by atoms with Crippen LogP contribution in [0.4, 0.5) is 5.13 Å². The Labute approximate surface area is 194 Å². The van der Waals surface area contributed by atoms with Crippen LogP contribution < -0.4 is 19.5 Å². The van der Waals surface area contributed by atoms with Gasteiger partial charge in [-0.25, -0.2) is 8.42 Å². The van der Waals surface area contributed by atoms with E-state index in [0.717, 1.165) is 11.3 Å². The number of sulfone groups is 1. The fraction of sp³-hybridized carbons (Fsp3) is 0.250. The molecule has 0 bridgehead atoms. The molecule has 0 saturated carbocycles. The van der Waals surface area contributed by atoms with Gasteiger partial charge in [0.05, 0.1) is 32.0 Å². The molecule has 170 valence electrons. The Balaban J connectivity index is 1.68. The summed E-state index contributed by atoms with van der Waals surface area (Å²) in [5.74, 6) is 0.432. The number of benzene rings is 2. The molecule has 1 amide bonds. The van der Waals surface area contributed by atoms with E-state index < -0.39 is 15.7 Å². The lowest BCUT2D eigenvalue weighted by Crippen LogP contribution is -2.12. The number of hydrogen-bond acceptors (Lipinski definition) is 9. The van der Waals surface area contributed by atoms with Crippen LogP contribution in [0.15, 0.2) is 41.3 Å². The van der Waals surface area contributed by atoms with Crippen LogP contribution in [0.1, 0.15) is 15.4 Å². The van der Waals surface area contributed by atoms with E-state index in [0.29, 0.717) is 27.3 Å². The minimum absolute atomic E-state index is 0.149. The van der Waals surface area contributed by atoms with Crippen molar-refractivity contribution in [2.75, 3.05) is 32.4 Å². The van der Waals surface area contributed by atoms with E-state index in [-0.39, 0.29) is 27.8 Å². The summed E-state index contributed by atoms with van der Waals surface area (Å²) >= 11 is 6.90. The smallest absolute Gasteiger partial charge is 0.257 e. The van der Waals surface area contributed by atoms with Crippen molar-refractivity contribution < 1.29 is 27.4 Å². The highest BCUT2D eigenvalue weighted by Gasteiger charge is 2.19. The Kier molecular flexibility index (Phi) is 7.54. The molecule has 0 aliphatic carbocycles. The second-order valence-electron chi connectivity index (χ2n) is 6.39. The normalized spacial score (nSPS) is 11.1. The number of halogens is 1. The van der Waals surface area contributed by atoms with E-state index in [1.54, 1.807) is 0 Å². The van der Waals surface area contributed by atoms with Crippen molar-refractivity contribution in [1.82, 2.24) is 10.2 Å². The fourth-order valence-electron chi connectivity index (χ4n) is 2.77. The standard InChI is InChI=1S/C20H20ClN3O6S2/c1-28-15-10-12(11-16(29-2)18(15)30-3)19(25)22-20-24-23-17(31-20)8-9-32(26,27)14-6-4-13(21)5-7-14/h4-7,10-11H,8-9H2,1-3H3,(H,22,24,25). The molecule has 0 fully saturated rings. The Hall–Kier alpha value is -2.89. The lowest BCUT2D eigenvalue weighted by atomic mass is 10.1. The third-order valence-corrected chi connectivity index (χ3v) is 7.25. The highest BCUT2D eigenvalue weighted by atomic mass is 35.5. The number of ether oxygens (including phenoxy) is 3. The lowest BCUT2D eigenvalue weighted by molar-refractivity contribution is 0.102. The zero-order valence-electron chi connectivity index (χ0n) is 17.4. The van der Waals surface area contributed by atoms with Crippen molar-refractivity contribution in [2.45, 2.75) is 11.3 Å². The highest BCUT2D eigenvalue weighted by molar-refractivity contribution is 7.91. The number of nitrogens with one attached hydrogen (secondary N) is 1. The molecule has 3 aromatic rings. The first-order chi connectivity index (χ1) is 15.3. The van der Waals surface area contributed by atoms with Crippen molar-refractivity contribution in [1.29, 1.82) is 0 Å². The van der Waals surface area contributed by atoms with Crippen LogP contribution in [0.25, 0.3) is 0 Å². The molecule has 1 aromatic heterocycles. The molecule has 0 unspecified atom stereocenters. The molecule has 0 aliphatic heterocycles. The Morgan fingerprint density at radius 3 is 2.22 bits per heavy atom. The van der Waals surface area contributed by atoms with Gasteiger partial charge in [0.2, 0.25) is 10.9 Å².